The molecule has 0 bridgehead atoms. The predicted molar refractivity (Wildman–Crippen MR) is 65.7 cm³/mol. The normalized spacial score (nSPS) is 11.4. The highest BCUT2D eigenvalue weighted by Crippen LogP contribution is 2.30. The van der Waals surface area contributed by atoms with Gasteiger partial charge in [-0.15, -0.1) is 0 Å². The summed E-state index contributed by atoms with van der Waals surface area (Å²) in [7, 11) is 0. The van der Waals surface area contributed by atoms with E-state index in [-0.39, 0.29) is 11.7 Å². The van der Waals surface area contributed by atoms with Crippen molar-refractivity contribution in [3.63, 3.8) is 0 Å². The van der Waals surface area contributed by atoms with Crippen molar-refractivity contribution in [2.45, 2.75) is 6.18 Å². The molecule has 0 saturated heterocycles. The summed E-state index contributed by atoms with van der Waals surface area (Å²) in [6.07, 6.45) is -4.67. The van der Waals surface area contributed by atoms with E-state index >= 15 is 0 Å². The molecule has 0 aliphatic heterocycles. The molecule has 4 nitrogen and oxygen atoms in total. The molecule has 1 heterocycles. The number of benzene rings is 1. The maximum Gasteiger partial charge on any atom is 0.451 e. The minimum absolute atomic E-state index is 0.262. The zero-order valence-electron chi connectivity index (χ0n) is 9.28. The number of hydrogen-bond acceptors (Lipinski definition) is 4. The summed E-state index contributed by atoms with van der Waals surface area (Å²) in [5.74, 6) is -1.56. The lowest BCUT2D eigenvalue weighted by atomic mass is 10.3. The Hall–Kier alpha value is -1.83. The van der Waals surface area contributed by atoms with E-state index < -0.39 is 12.0 Å². The van der Waals surface area contributed by atoms with E-state index in [9.17, 15) is 13.2 Å². The summed E-state index contributed by atoms with van der Waals surface area (Å²) in [4.78, 5) is 6.39. The first-order chi connectivity index (χ1) is 8.84. The second-order valence-electron chi connectivity index (χ2n) is 3.51. The van der Waals surface area contributed by atoms with Gasteiger partial charge in [-0.25, -0.2) is 4.98 Å². The number of nitrogens with zero attached hydrogens (tertiary/aromatic N) is 2. The Morgan fingerprint density at radius 1 is 1.11 bits per heavy atom. The highest BCUT2D eigenvalue weighted by molar-refractivity contribution is 9.10. The van der Waals surface area contributed by atoms with Crippen molar-refractivity contribution in [2.24, 2.45) is 0 Å². The number of rotatable bonds is 2. The summed E-state index contributed by atoms with van der Waals surface area (Å²) in [6, 6.07) is 7.65. The maximum atomic E-state index is 12.5. The van der Waals surface area contributed by atoms with Gasteiger partial charge in [0.25, 0.3) is 0 Å². The minimum atomic E-state index is -4.67. The highest BCUT2D eigenvalue weighted by Gasteiger charge is 2.35. The second kappa shape index (κ2) is 5.04. The van der Waals surface area contributed by atoms with Gasteiger partial charge >= 0.3 is 6.18 Å². The molecule has 2 rings (SSSR count). The third-order valence-corrected chi connectivity index (χ3v) is 2.54. The molecule has 2 N–H and O–H groups in total. The number of halogens is 4. The van der Waals surface area contributed by atoms with Gasteiger partial charge < -0.3 is 10.5 Å². The number of ether oxygens (including phenoxy) is 1. The first-order valence-electron chi connectivity index (χ1n) is 5.00. The third-order valence-electron chi connectivity index (χ3n) is 2.01. The highest BCUT2D eigenvalue weighted by atomic mass is 79.9. The standard InChI is InChI=1S/C11H7BrF3N3O/c12-6-1-3-7(4-2-6)19-9-5-8(16)17-10(18-9)11(13,14)15/h1-5H,(H2,16,17,18). The summed E-state index contributed by atoms with van der Waals surface area (Å²) < 4.78 is 43.5. The third kappa shape index (κ3) is 3.57. The quantitative estimate of drug-likeness (QED) is 0.911. The fraction of sp³-hybridized carbons (Fsp3) is 0.0909. The van der Waals surface area contributed by atoms with Gasteiger partial charge in [-0.3, -0.25) is 0 Å². The number of hydrogen-bond donors (Lipinski definition) is 1. The lowest BCUT2D eigenvalue weighted by Crippen LogP contribution is -2.12. The molecule has 0 aliphatic carbocycles. The Balaban J connectivity index is 2.30. The van der Waals surface area contributed by atoms with Crippen LogP contribution in [0.5, 0.6) is 11.6 Å². The molecule has 0 saturated carbocycles. The summed E-state index contributed by atoms with van der Waals surface area (Å²) >= 11 is 3.23. The van der Waals surface area contributed by atoms with Crippen LogP contribution in [0.25, 0.3) is 0 Å². The SMILES string of the molecule is Nc1cc(Oc2ccc(Br)cc2)nc(C(F)(F)F)n1. The molecule has 2 aromatic rings. The molecule has 0 fully saturated rings. The lowest BCUT2D eigenvalue weighted by Gasteiger charge is -2.09. The van der Waals surface area contributed by atoms with Crippen molar-refractivity contribution < 1.29 is 17.9 Å². The van der Waals surface area contributed by atoms with Crippen molar-refractivity contribution >= 4 is 21.7 Å². The molecular weight excluding hydrogens is 327 g/mol. The van der Waals surface area contributed by atoms with Gasteiger partial charge in [-0.05, 0) is 24.3 Å². The monoisotopic (exact) mass is 333 g/mol. The first-order valence-corrected chi connectivity index (χ1v) is 5.79. The molecule has 8 heteroatoms. The van der Waals surface area contributed by atoms with Gasteiger partial charge in [0, 0.05) is 10.5 Å². The Morgan fingerprint density at radius 2 is 1.74 bits per heavy atom. The van der Waals surface area contributed by atoms with Gasteiger partial charge in [-0.1, -0.05) is 15.9 Å². The van der Waals surface area contributed by atoms with Gasteiger partial charge in [-0.2, -0.15) is 18.2 Å². The van der Waals surface area contributed by atoms with E-state index in [1.165, 1.54) is 0 Å². The number of alkyl halides is 3. The van der Waals surface area contributed by atoms with Crippen LogP contribution in [-0.4, -0.2) is 9.97 Å². The molecule has 0 spiro atoms. The van der Waals surface area contributed by atoms with Crippen LogP contribution in [0.2, 0.25) is 0 Å². The number of aromatic nitrogens is 2. The molecule has 19 heavy (non-hydrogen) atoms. The number of nitrogens with two attached hydrogens (primary N) is 1. The molecule has 0 atom stereocenters. The molecule has 0 unspecified atom stereocenters. The van der Waals surface area contributed by atoms with Crippen LogP contribution in [0.3, 0.4) is 0 Å². The molecule has 1 aromatic heterocycles. The van der Waals surface area contributed by atoms with Crippen molar-refractivity contribution in [3.05, 3.63) is 40.6 Å². The Labute approximate surface area is 114 Å². The minimum Gasteiger partial charge on any atom is -0.439 e. The smallest absolute Gasteiger partial charge is 0.439 e. The molecule has 0 aliphatic rings. The zero-order chi connectivity index (χ0) is 14.0. The number of anilines is 1. The van der Waals surface area contributed by atoms with Crippen molar-refractivity contribution in [3.8, 4) is 11.6 Å². The number of nitrogen functional groups attached to an aromatic ring is 1. The maximum absolute atomic E-state index is 12.5. The van der Waals surface area contributed by atoms with Gasteiger partial charge in [0.1, 0.15) is 11.6 Å². The van der Waals surface area contributed by atoms with Gasteiger partial charge in [0.05, 0.1) is 0 Å². The topological polar surface area (TPSA) is 61.0 Å². The Bertz CT molecular complexity index is 587. The fourth-order valence-corrected chi connectivity index (χ4v) is 1.51. The van der Waals surface area contributed by atoms with Crippen LogP contribution < -0.4 is 10.5 Å². The van der Waals surface area contributed by atoms with Crippen LogP contribution >= 0.6 is 15.9 Å². The van der Waals surface area contributed by atoms with Crippen LogP contribution in [0.1, 0.15) is 5.82 Å². The first kappa shape index (κ1) is 13.6. The van der Waals surface area contributed by atoms with Crippen LogP contribution in [0.4, 0.5) is 19.0 Å². The Kier molecular flexibility index (Phi) is 3.61. The Morgan fingerprint density at radius 3 is 2.32 bits per heavy atom. The second-order valence-corrected chi connectivity index (χ2v) is 4.42. The summed E-state index contributed by atoms with van der Waals surface area (Å²) in [5, 5.41) is 0. The van der Waals surface area contributed by atoms with E-state index in [4.69, 9.17) is 10.5 Å². The van der Waals surface area contributed by atoms with E-state index in [0.717, 1.165) is 10.5 Å². The molecule has 1 aromatic carbocycles. The molecule has 0 radical (unpaired) electrons. The average molecular weight is 334 g/mol. The van der Waals surface area contributed by atoms with Crippen LogP contribution in [0.15, 0.2) is 34.8 Å². The average Bonchev–Trinajstić information content (AvgIpc) is 2.30. The van der Waals surface area contributed by atoms with Gasteiger partial charge in [0.2, 0.25) is 11.7 Å². The van der Waals surface area contributed by atoms with Crippen LogP contribution in [0, 0.1) is 0 Å². The molecule has 100 valence electrons. The van der Waals surface area contributed by atoms with Crippen molar-refractivity contribution in [1.29, 1.82) is 0 Å². The summed E-state index contributed by atoms with van der Waals surface area (Å²) in [5.41, 5.74) is 5.30. The predicted octanol–water partition coefficient (Wildman–Crippen LogP) is 3.63. The van der Waals surface area contributed by atoms with Crippen molar-refractivity contribution in [1.82, 2.24) is 9.97 Å². The summed E-state index contributed by atoms with van der Waals surface area (Å²) in [6.45, 7) is 0. The van der Waals surface area contributed by atoms with Crippen LogP contribution in [-0.2, 0) is 6.18 Å². The largest absolute Gasteiger partial charge is 0.451 e. The lowest BCUT2D eigenvalue weighted by molar-refractivity contribution is -0.145. The van der Waals surface area contributed by atoms with E-state index in [2.05, 4.69) is 25.9 Å². The van der Waals surface area contributed by atoms with E-state index in [1.807, 2.05) is 0 Å². The van der Waals surface area contributed by atoms with Gasteiger partial charge in [0.15, 0.2) is 0 Å². The molecule has 0 amide bonds. The fourth-order valence-electron chi connectivity index (χ4n) is 1.25. The van der Waals surface area contributed by atoms with E-state index in [1.54, 1.807) is 24.3 Å². The zero-order valence-corrected chi connectivity index (χ0v) is 10.9. The van der Waals surface area contributed by atoms with E-state index in [0.29, 0.717) is 5.75 Å². The molecular formula is C11H7BrF3N3O. The van der Waals surface area contributed by atoms with Crippen molar-refractivity contribution in [2.75, 3.05) is 5.73 Å².